The van der Waals surface area contributed by atoms with Crippen molar-refractivity contribution >= 4 is 58.5 Å². The van der Waals surface area contributed by atoms with Crippen LogP contribution in [0, 0.1) is 23.6 Å². The Hall–Kier alpha value is -4.16. The van der Waals surface area contributed by atoms with Crippen molar-refractivity contribution in [2.24, 2.45) is 23.5 Å². The average Bonchev–Trinajstić information content (AvgIpc) is 3.31. The molecule has 6 rings (SSSR count). The Balaban J connectivity index is 1.61. The number of phenols is 1. The lowest BCUT2D eigenvalue weighted by Crippen LogP contribution is -2.60. The quantitative estimate of drug-likeness (QED) is 0.296. The predicted molar refractivity (Wildman–Crippen MR) is 149 cm³/mol. The first-order chi connectivity index (χ1) is 20.3. The van der Waals surface area contributed by atoms with Crippen LogP contribution in [-0.2, 0) is 19.2 Å². The van der Waals surface area contributed by atoms with Gasteiger partial charge in [0.05, 0.1) is 31.7 Å². The fraction of sp³-hybridized carbons (Fsp3) is 0.345. The van der Waals surface area contributed by atoms with Gasteiger partial charge >= 0.3 is 6.03 Å². The van der Waals surface area contributed by atoms with E-state index in [9.17, 15) is 33.5 Å². The minimum absolute atomic E-state index is 0.00244. The highest BCUT2D eigenvalue weighted by Gasteiger charge is 2.77. The number of amides is 6. The second-order valence-electron chi connectivity index (χ2n) is 10.9. The van der Waals surface area contributed by atoms with Gasteiger partial charge in [0.15, 0.2) is 9.75 Å². The first-order valence-corrected chi connectivity index (χ1v) is 13.9. The molecule has 4 aliphatic rings. The third kappa shape index (κ3) is 3.69. The molecular weight excluding hydrogens is 608 g/mol. The third-order valence-corrected chi connectivity index (χ3v) is 10.4. The van der Waals surface area contributed by atoms with Gasteiger partial charge in [-0.25, -0.2) is 14.1 Å². The summed E-state index contributed by atoms with van der Waals surface area (Å²) in [6, 6.07) is 6.02. The summed E-state index contributed by atoms with van der Waals surface area (Å²) in [5, 5.41) is 11.3. The molecule has 2 aromatic carbocycles. The maximum Gasteiger partial charge on any atom is 0.328 e. The molecular formula is C29H24Cl2FN3O8. The monoisotopic (exact) mass is 631 g/mol. The summed E-state index contributed by atoms with van der Waals surface area (Å²) in [7, 11) is 2.68. The number of hydrogen-bond acceptors (Lipinski definition) is 8. The van der Waals surface area contributed by atoms with Crippen LogP contribution in [0.15, 0.2) is 48.0 Å². The number of methoxy groups -OCH3 is 2. The zero-order chi connectivity index (χ0) is 31.2. The molecule has 0 spiro atoms. The van der Waals surface area contributed by atoms with Gasteiger partial charge in [-0.15, -0.1) is 23.2 Å². The zero-order valence-electron chi connectivity index (χ0n) is 22.7. The number of fused-ring (bicyclic) bond motifs is 4. The molecule has 14 heteroatoms. The molecule has 2 aliphatic heterocycles. The molecule has 1 saturated carbocycles. The number of nitrogens with two attached hydrogens (primary N) is 1. The number of aromatic hydroxyl groups is 1. The van der Waals surface area contributed by atoms with E-state index < -0.39 is 74.6 Å². The summed E-state index contributed by atoms with van der Waals surface area (Å²) < 4.78 is 24.6. The normalized spacial score (nSPS) is 31.4. The van der Waals surface area contributed by atoms with Gasteiger partial charge in [0.2, 0.25) is 11.8 Å². The number of nitrogens with zero attached hydrogens (tertiary/aromatic N) is 2. The van der Waals surface area contributed by atoms with E-state index in [1.807, 2.05) is 0 Å². The van der Waals surface area contributed by atoms with Crippen LogP contribution in [0.5, 0.6) is 17.2 Å². The first kappa shape index (κ1) is 28.9. The van der Waals surface area contributed by atoms with E-state index in [4.69, 9.17) is 38.4 Å². The Bertz CT molecular complexity index is 1670. The van der Waals surface area contributed by atoms with E-state index in [0.29, 0.717) is 10.5 Å². The minimum atomic E-state index is -2.30. The lowest BCUT2D eigenvalue weighted by Gasteiger charge is -2.50. The standard InChI is InChI=1S/C29H24Cl2FN3O8/c1-42-14-9-18(36)21(19(10-14)43-2)22-15-7-8-16-20(24(38)35(23(16)37)27(33)41)17(15)11-28(30)25(39)34(26(40)29(22,28)31)13-5-3-12(32)4-6-13/h3-7,9-10,16-17,20,22,36H,8,11H2,1-2H3,(H2,33,41). The van der Waals surface area contributed by atoms with Gasteiger partial charge in [-0.2, -0.15) is 4.90 Å². The number of allylic oxidation sites excluding steroid dienone is 2. The minimum Gasteiger partial charge on any atom is -0.507 e. The molecule has 224 valence electrons. The number of hydrogen-bond donors (Lipinski definition) is 2. The van der Waals surface area contributed by atoms with Crippen molar-refractivity contribution in [3.8, 4) is 17.2 Å². The summed E-state index contributed by atoms with van der Waals surface area (Å²) in [4.78, 5) is 63.8. The summed E-state index contributed by atoms with van der Waals surface area (Å²) in [6.45, 7) is 0. The molecule has 3 fully saturated rings. The highest BCUT2D eigenvalue weighted by Crippen LogP contribution is 2.67. The highest BCUT2D eigenvalue weighted by atomic mass is 35.5. The van der Waals surface area contributed by atoms with E-state index in [1.165, 1.54) is 38.5 Å². The van der Waals surface area contributed by atoms with E-state index in [-0.39, 0.29) is 35.6 Å². The molecule has 0 radical (unpaired) electrons. The van der Waals surface area contributed by atoms with Crippen molar-refractivity contribution < 1.29 is 42.9 Å². The number of carbonyl (C=O) groups is 5. The van der Waals surface area contributed by atoms with Gasteiger partial charge in [-0.05, 0) is 43.0 Å². The molecule has 3 N–H and O–H groups in total. The smallest absolute Gasteiger partial charge is 0.328 e. The van der Waals surface area contributed by atoms with Crippen LogP contribution in [-0.4, -0.2) is 63.6 Å². The van der Waals surface area contributed by atoms with Crippen LogP contribution in [0.25, 0.3) is 0 Å². The number of carbonyl (C=O) groups excluding carboxylic acids is 5. The van der Waals surface area contributed by atoms with Crippen molar-refractivity contribution in [2.75, 3.05) is 19.1 Å². The number of halogens is 3. The summed E-state index contributed by atoms with van der Waals surface area (Å²) in [6.07, 6.45) is 1.22. The SMILES string of the molecule is COc1cc(O)c(C2C3=CCC4C(=O)N(C(N)=O)C(=O)C4C3CC3(Cl)C(=O)N(c4ccc(F)cc4)C(=O)C23Cl)c(OC)c1. The van der Waals surface area contributed by atoms with Gasteiger partial charge in [-0.3, -0.25) is 19.2 Å². The van der Waals surface area contributed by atoms with Crippen LogP contribution >= 0.6 is 23.2 Å². The van der Waals surface area contributed by atoms with Crippen LogP contribution in [0.1, 0.15) is 24.3 Å². The topological polar surface area (TPSA) is 157 Å². The molecule has 43 heavy (non-hydrogen) atoms. The van der Waals surface area contributed by atoms with Crippen molar-refractivity contribution in [3.05, 3.63) is 59.4 Å². The van der Waals surface area contributed by atoms with Crippen LogP contribution in [0.4, 0.5) is 14.9 Å². The predicted octanol–water partition coefficient (Wildman–Crippen LogP) is 3.19. The maximum absolute atomic E-state index is 14.4. The van der Waals surface area contributed by atoms with E-state index >= 15 is 0 Å². The fourth-order valence-electron chi connectivity index (χ4n) is 7.10. The molecule has 2 aromatic rings. The highest BCUT2D eigenvalue weighted by molar-refractivity contribution is 6.58. The maximum atomic E-state index is 14.4. The van der Waals surface area contributed by atoms with Gasteiger partial charge in [-0.1, -0.05) is 11.6 Å². The second kappa shape index (κ2) is 9.68. The number of anilines is 1. The van der Waals surface area contributed by atoms with Crippen LogP contribution in [0.2, 0.25) is 0 Å². The number of phenolic OH excluding ortho intramolecular Hbond substituents is 1. The number of likely N-dealkylation sites (tertiary alicyclic amines) is 1. The van der Waals surface area contributed by atoms with Crippen molar-refractivity contribution in [1.29, 1.82) is 0 Å². The Kier molecular flexibility index (Phi) is 6.51. The Morgan fingerprint density at radius 3 is 2.30 bits per heavy atom. The molecule has 6 amide bonds. The molecule has 11 nitrogen and oxygen atoms in total. The van der Waals surface area contributed by atoms with Gasteiger partial charge < -0.3 is 20.3 Å². The molecule has 2 heterocycles. The molecule has 6 unspecified atom stereocenters. The second-order valence-corrected chi connectivity index (χ2v) is 12.1. The summed E-state index contributed by atoms with van der Waals surface area (Å²) in [5.41, 5.74) is 5.69. The van der Waals surface area contributed by atoms with Crippen molar-refractivity contribution in [3.63, 3.8) is 0 Å². The number of primary amides is 1. The molecule has 2 aliphatic carbocycles. The van der Waals surface area contributed by atoms with Gasteiger partial charge in [0.25, 0.3) is 11.8 Å². The average molecular weight is 632 g/mol. The third-order valence-electron chi connectivity index (χ3n) is 8.95. The summed E-state index contributed by atoms with van der Waals surface area (Å²) >= 11 is 14.5. The fourth-order valence-corrected chi connectivity index (χ4v) is 8.02. The summed E-state index contributed by atoms with van der Waals surface area (Å²) in [5.74, 6) is -8.81. The van der Waals surface area contributed by atoms with E-state index in [1.54, 1.807) is 6.08 Å². The van der Waals surface area contributed by atoms with Gasteiger partial charge in [0, 0.05) is 23.6 Å². The number of ether oxygens (including phenoxy) is 2. The Labute approximate surface area is 253 Å². The lowest BCUT2D eigenvalue weighted by atomic mass is 9.56. The molecule has 0 bridgehead atoms. The Morgan fingerprint density at radius 1 is 1.02 bits per heavy atom. The number of benzene rings is 2. The molecule has 0 aromatic heterocycles. The van der Waals surface area contributed by atoms with E-state index in [0.717, 1.165) is 17.0 Å². The lowest BCUT2D eigenvalue weighted by molar-refractivity contribution is -0.136. The number of alkyl halides is 2. The van der Waals surface area contributed by atoms with E-state index in [2.05, 4.69) is 0 Å². The Morgan fingerprint density at radius 2 is 1.70 bits per heavy atom. The number of rotatable bonds is 4. The largest absolute Gasteiger partial charge is 0.507 e. The van der Waals surface area contributed by atoms with Crippen molar-refractivity contribution in [2.45, 2.75) is 28.5 Å². The number of imide groups is 4. The molecule has 6 atom stereocenters. The van der Waals surface area contributed by atoms with Crippen molar-refractivity contribution in [1.82, 2.24) is 4.90 Å². The molecule has 2 saturated heterocycles. The van der Waals surface area contributed by atoms with Crippen LogP contribution in [0.3, 0.4) is 0 Å². The van der Waals surface area contributed by atoms with Gasteiger partial charge in [0.1, 0.15) is 23.1 Å². The van der Waals surface area contributed by atoms with Crippen LogP contribution < -0.4 is 20.1 Å². The zero-order valence-corrected chi connectivity index (χ0v) is 24.2. The first-order valence-electron chi connectivity index (χ1n) is 13.2. The number of urea groups is 1.